The fourth-order valence-corrected chi connectivity index (χ4v) is 3.20. The van der Waals surface area contributed by atoms with Gasteiger partial charge in [-0.15, -0.1) is 0 Å². The predicted molar refractivity (Wildman–Crippen MR) is 98.9 cm³/mol. The highest BCUT2D eigenvalue weighted by molar-refractivity contribution is 7.98. The van der Waals surface area contributed by atoms with Gasteiger partial charge in [0, 0.05) is 25.1 Å². The summed E-state index contributed by atoms with van der Waals surface area (Å²) in [5.41, 5.74) is 0.763. The first-order valence-electron chi connectivity index (χ1n) is 8.01. The first kappa shape index (κ1) is 18.3. The van der Waals surface area contributed by atoms with E-state index in [4.69, 9.17) is 21.1 Å². The molecule has 0 radical (unpaired) electrons. The van der Waals surface area contributed by atoms with E-state index in [-0.39, 0.29) is 5.75 Å². The lowest BCUT2D eigenvalue weighted by molar-refractivity contribution is 0.0732. The third-order valence-corrected chi connectivity index (χ3v) is 4.78. The van der Waals surface area contributed by atoms with E-state index in [0.29, 0.717) is 28.2 Å². The van der Waals surface area contributed by atoms with Crippen molar-refractivity contribution < 1.29 is 14.6 Å². The number of benzene rings is 1. The van der Waals surface area contributed by atoms with Crippen LogP contribution in [0.15, 0.2) is 35.6 Å². The van der Waals surface area contributed by atoms with Crippen molar-refractivity contribution in [1.29, 1.82) is 0 Å². The van der Waals surface area contributed by atoms with Crippen molar-refractivity contribution in [3.8, 4) is 5.75 Å². The van der Waals surface area contributed by atoms with E-state index < -0.39 is 0 Å². The number of halogens is 1. The molecule has 2 aliphatic rings. The Morgan fingerprint density at radius 1 is 1.20 bits per heavy atom. The van der Waals surface area contributed by atoms with Crippen molar-refractivity contribution in [2.45, 2.75) is 30.2 Å². The van der Waals surface area contributed by atoms with E-state index >= 15 is 0 Å². The van der Waals surface area contributed by atoms with Gasteiger partial charge in [-0.05, 0) is 43.4 Å². The normalized spacial score (nSPS) is 21.4. The van der Waals surface area contributed by atoms with Crippen LogP contribution in [-0.4, -0.2) is 46.8 Å². The molecule has 0 unspecified atom stereocenters. The van der Waals surface area contributed by atoms with E-state index in [1.807, 2.05) is 6.26 Å². The minimum absolute atomic E-state index is 0.0599. The van der Waals surface area contributed by atoms with Gasteiger partial charge in [0.25, 0.3) is 0 Å². The Bertz CT molecular complexity index is 699. The SMILES string of the molecule is C1C[C@H]2OCC[C@H]2O1.CSc1nccc(Nc2ccc(O)c(Cl)c2)n1. The molecule has 0 aliphatic carbocycles. The van der Waals surface area contributed by atoms with Gasteiger partial charge in [0.05, 0.1) is 17.2 Å². The summed E-state index contributed by atoms with van der Waals surface area (Å²) in [5.74, 6) is 0.746. The van der Waals surface area contributed by atoms with E-state index in [0.717, 1.165) is 31.7 Å². The van der Waals surface area contributed by atoms with Crippen LogP contribution in [0.1, 0.15) is 12.8 Å². The summed E-state index contributed by atoms with van der Waals surface area (Å²) in [6, 6.07) is 6.65. The summed E-state index contributed by atoms with van der Waals surface area (Å²) in [6.07, 6.45) is 6.74. The number of phenols is 1. The molecular formula is C17H20ClN3O3S. The lowest BCUT2D eigenvalue weighted by atomic mass is 10.2. The third kappa shape index (κ3) is 4.98. The number of hydrogen-bond donors (Lipinski definition) is 2. The molecule has 134 valence electrons. The molecule has 1 aromatic carbocycles. The van der Waals surface area contributed by atoms with Gasteiger partial charge < -0.3 is 19.9 Å². The molecule has 6 nitrogen and oxygen atoms in total. The largest absolute Gasteiger partial charge is 0.506 e. The molecular weight excluding hydrogens is 362 g/mol. The topological polar surface area (TPSA) is 76.5 Å². The lowest BCUT2D eigenvalue weighted by Crippen LogP contribution is -2.13. The number of thioether (sulfide) groups is 1. The first-order valence-corrected chi connectivity index (χ1v) is 9.62. The number of aromatic nitrogens is 2. The zero-order valence-electron chi connectivity index (χ0n) is 13.8. The molecule has 3 heterocycles. The Morgan fingerprint density at radius 3 is 2.56 bits per heavy atom. The molecule has 0 spiro atoms. The van der Waals surface area contributed by atoms with Crippen LogP contribution in [0.25, 0.3) is 0 Å². The van der Waals surface area contributed by atoms with E-state index in [2.05, 4.69) is 15.3 Å². The molecule has 2 atom stereocenters. The molecule has 0 saturated carbocycles. The van der Waals surface area contributed by atoms with E-state index in [1.54, 1.807) is 24.4 Å². The highest BCUT2D eigenvalue weighted by Gasteiger charge is 2.33. The number of hydrogen-bond acceptors (Lipinski definition) is 7. The second-order valence-corrected chi connectivity index (χ2v) is 6.80. The Hall–Kier alpha value is -1.54. The second kappa shape index (κ2) is 8.71. The Kier molecular flexibility index (Phi) is 6.36. The van der Waals surface area contributed by atoms with Crippen molar-refractivity contribution in [1.82, 2.24) is 9.97 Å². The number of phenolic OH excluding ortho intramolecular Hbond substituents is 1. The molecule has 2 N–H and O–H groups in total. The molecule has 25 heavy (non-hydrogen) atoms. The maximum absolute atomic E-state index is 9.30. The monoisotopic (exact) mass is 381 g/mol. The number of ether oxygens (including phenoxy) is 2. The van der Waals surface area contributed by atoms with Crippen molar-refractivity contribution in [3.05, 3.63) is 35.5 Å². The van der Waals surface area contributed by atoms with Crippen LogP contribution in [0.5, 0.6) is 5.75 Å². The van der Waals surface area contributed by atoms with Gasteiger partial charge in [0.2, 0.25) is 0 Å². The van der Waals surface area contributed by atoms with Gasteiger partial charge in [-0.25, -0.2) is 9.97 Å². The number of nitrogens with one attached hydrogen (secondary N) is 1. The minimum Gasteiger partial charge on any atom is -0.506 e. The highest BCUT2D eigenvalue weighted by atomic mass is 35.5. The third-order valence-electron chi connectivity index (χ3n) is 3.92. The summed E-state index contributed by atoms with van der Waals surface area (Å²) < 4.78 is 10.7. The molecule has 1 aromatic heterocycles. The molecule has 2 aliphatic heterocycles. The fourth-order valence-electron chi connectivity index (χ4n) is 2.67. The zero-order chi connectivity index (χ0) is 17.6. The van der Waals surface area contributed by atoms with Crippen LogP contribution in [0.2, 0.25) is 5.02 Å². The van der Waals surface area contributed by atoms with Crippen LogP contribution in [-0.2, 0) is 9.47 Å². The van der Waals surface area contributed by atoms with Gasteiger partial charge >= 0.3 is 0 Å². The minimum atomic E-state index is 0.0599. The van der Waals surface area contributed by atoms with Crippen molar-refractivity contribution in [2.75, 3.05) is 24.8 Å². The average Bonchev–Trinajstić information content (AvgIpc) is 3.24. The van der Waals surface area contributed by atoms with E-state index in [1.165, 1.54) is 17.8 Å². The zero-order valence-corrected chi connectivity index (χ0v) is 15.4. The molecule has 2 fully saturated rings. The second-order valence-electron chi connectivity index (χ2n) is 5.62. The van der Waals surface area contributed by atoms with Gasteiger partial charge in [-0.2, -0.15) is 0 Å². The van der Waals surface area contributed by atoms with Crippen molar-refractivity contribution >= 4 is 34.9 Å². The van der Waals surface area contributed by atoms with Gasteiger partial charge in [0.1, 0.15) is 11.6 Å². The van der Waals surface area contributed by atoms with Gasteiger partial charge in [-0.1, -0.05) is 23.4 Å². The number of nitrogens with zero attached hydrogens (tertiary/aromatic N) is 2. The summed E-state index contributed by atoms with van der Waals surface area (Å²) in [5, 5.41) is 13.4. The molecule has 0 bridgehead atoms. The molecule has 2 saturated heterocycles. The van der Waals surface area contributed by atoms with Crippen LogP contribution in [0.3, 0.4) is 0 Å². The van der Waals surface area contributed by atoms with E-state index in [9.17, 15) is 5.11 Å². The highest BCUT2D eigenvalue weighted by Crippen LogP contribution is 2.27. The van der Waals surface area contributed by atoms with Crippen LogP contribution >= 0.6 is 23.4 Å². The summed E-state index contributed by atoms with van der Waals surface area (Å²) >= 11 is 7.28. The number of aromatic hydroxyl groups is 1. The van der Waals surface area contributed by atoms with Crippen LogP contribution < -0.4 is 5.32 Å². The fraction of sp³-hybridized carbons (Fsp3) is 0.412. The van der Waals surface area contributed by atoms with Gasteiger partial charge in [-0.3, -0.25) is 0 Å². The average molecular weight is 382 g/mol. The Balaban J connectivity index is 0.000000188. The molecule has 8 heteroatoms. The van der Waals surface area contributed by atoms with Crippen LogP contribution in [0, 0.1) is 0 Å². The molecule has 0 amide bonds. The number of rotatable bonds is 3. The smallest absolute Gasteiger partial charge is 0.189 e. The van der Waals surface area contributed by atoms with Gasteiger partial charge in [0.15, 0.2) is 5.16 Å². The predicted octanol–water partition coefficient (Wildman–Crippen LogP) is 3.87. The summed E-state index contributed by atoms with van der Waals surface area (Å²) in [4.78, 5) is 8.35. The van der Waals surface area contributed by atoms with Crippen LogP contribution in [0.4, 0.5) is 11.5 Å². The summed E-state index contributed by atoms with van der Waals surface area (Å²) in [7, 11) is 0. The number of fused-ring (bicyclic) bond motifs is 1. The standard InChI is InChI=1S/C11H10ClN3OS.C6H10O2/c1-17-11-13-5-4-10(15-11)14-7-2-3-9(16)8(12)6-7;1-3-7-6-2-4-8-5(1)6/h2-6,16H,1H3,(H,13,14,15);5-6H,1-4H2/t;5-,6-/m.1/s1. The van der Waals surface area contributed by atoms with Crippen molar-refractivity contribution in [3.63, 3.8) is 0 Å². The molecule has 2 aromatic rings. The number of anilines is 2. The lowest BCUT2D eigenvalue weighted by Gasteiger charge is -2.07. The maximum Gasteiger partial charge on any atom is 0.189 e. The maximum atomic E-state index is 9.30. The quantitative estimate of drug-likeness (QED) is 0.474. The Labute approximate surface area is 155 Å². The molecule has 4 rings (SSSR count). The van der Waals surface area contributed by atoms with Crippen molar-refractivity contribution in [2.24, 2.45) is 0 Å². The summed E-state index contributed by atoms with van der Waals surface area (Å²) in [6.45, 7) is 1.82. The first-order chi connectivity index (χ1) is 12.2. The Morgan fingerprint density at radius 2 is 1.92 bits per heavy atom.